The van der Waals surface area contributed by atoms with Crippen molar-refractivity contribution in [2.75, 3.05) is 0 Å². The van der Waals surface area contributed by atoms with Crippen LogP contribution in [0.1, 0.15) is 0 Å². The SMILES string of the molecule is FC1=C(Cl)C(F)(Cl)C(F)(Cl)C1(F)Cl. The average Bonchev–Trinajstić information content (AvgIpc) is 2.05. The third-order valence-electron chi connectivity index (χ3n) is 1.53. The zero-order chi connectivity index (χ0) is 10.7. The van der Waals surface area contributed by atoms with Crippen molar-refractivity contribution in [2.24, 2.45) is 0 Å². The van der Waals surface area contributed by atoms with E-state index in [4.69, 9.17) is 34.8 Å². The number of allylic oxidation sites excluding steroid dienone is 2. The molecule has 0 bridgehead atoms. The van der Waals surface area contributed by atoms with Crippen LogP contribution in [0.25, 0.3) is 0 Å². The monoisotopic (exact) mass is 276 g/mol. The van der Waals surface area contributed by atoms with Crippen LogP contribution in [0.15, 0.2) is 10.9 Å². The lowest BCUT2D eigenvalue weighted by molar-refractivity contribution is 0.0510. The number of halogens is 8. The molecule has 0 amide bonds. The van der Waals surface area contributed by atoms with Gasteiger partial charge in [0.1, 0.15) is 5.03 Å². The zero-order valence-corrected chi connectivity index (χ0v) is 8.55. The Morgan fingerprint density at radius 3 is 1.38 bits per heavy atom. The van der Waals surface area contributed by atoms with E-state index in [1.807, 2.05) is 0 Å². The van der Waals surface area contributed by atoms with Crippen molar-refractivity contribution >= 4 is 46.4 Å². The molecule has 0 aliphatic heterocycles. The van der Waals surface area contributed by atoms with E-state index in [1.54, 1.807) is 0 Å². The molecule has 0 aromatic heterocycles. The van der Waals surface area contributed by atoms with Crippen molar-refractivity contribution in [2.45, 2.75) is 15.4 Å². The molecule has 1 aliphatic carbocycles. The van der Waals surface area contributed by atoms with Gasteiger partial charge in [-0.3, -0.25) is 0 Å². The Kier molecular flexibility index (Phi) is 2.53. The lowest BCUT2D eigenvalue weighted by Crippen LogP contribution is -2.46. The third kappa shape index (κ3) is 1.19. The molecular weight excluding hydrogens is 278 g/mol. The van der Waals surface area contributed by atoms with Gasteiger partial charge < -0.3 is 0 Å². The molecule has 0 aromatic carbocycles. The molecule has 13 heavy (non-hydrogen) atoms. The highest BCUT2D eigenvalue weighted by Gasteiger charge is 2.76. The van der Waals surface area contributed by atoms with Crippen molar-refractivity contribution in [3.63, 3.8) is 0 Å². The van der Waals surface area contributed by atoms with Gasteiger partial charge in [0.25, 0.3) is 15.4 Å². The maximum atomic E-state index is 13.1. The minimum absolute atomic E-state index is 1.52. The predicted molar refractivity (Wildman–Crippen MR) is 43.1 cm³/mol. The van der Waals surface area contributed by atoms with Crippen LogP contribution in [0.5, 0.6) is 0 Å². The molecule has 0 saturated heterocycles. The normalized spacial score (nSPS) is 51.7. The van der Waals surface area contributed by atoms with Crippen LogP contribution < -0.4 is 0 Å². The number of hydrogen-bond donors (Lipinski definition) is 0. The largest absolute Gasteiger partial charge is 0.290 e. The van der Waals surface area contributed by atoms with Crippen molar-refractivity contribution < 1.29 is 17.6 Å². The second kappa shape index (κ2) is 2.81. The third-order valence-corrected chi connectivity index (χ3v) is 3.65. The van der Waals surface area contributed by atoms with Crippen molar-refractivity contribution in [1.29, 1.82) is 0 Å². The van der Waals surface area contributed by atoms with E-state index in [2.05, 4.69) is 11.6 Å². The molecule has 0 fully saturated rings. The molecule has 0 nitrogen and oxygen atoms in total. The first-order valence-corrected chi connectivity index (χ1v) is 4.27. The Labute approximate surface area is 90.4 Å². The standard InChI is InChI=1S/C5Cl4F4/c6-1-2(10)4(8,12)5(9,13)3(1,7)11. The van der Waals surface area contributed by atoms with E-state index >= 15 is 0 Å². The molecule has 0 N–H and O–H groups in total. The summed E-state index contributed by atoms with van der Waals surface area (Å²) < 4.78 is 51.7. The van der Waals surface area contributed by atoms with Crippen LogP contribution in [0.3, 0.4) is 0 Å². The lowest BCUT2D eigenvalue weighted by atomic mass is 10.2. The quantitative estimate of drug-likeness (QED) is 0.461. The summed E-state index contributed by atoms with van der Waals surface area (Å²) in [5.74, 6) is -2.06. The first-order chi connectivity index (χ1) is 5.57. The summed E-state index contributed by atoms with van der Waals surface area (Å²) in [6.07, 6.45) is 0. The minimum Gasteiger partial charge on any atom is -0.215 e. The molecule has 8 heteroatoms. The first-order valence-electron chi connectivity index (χ1n) is 2.76. The number of alkyl halides is 6. The van der Waals surface area contributed by atoms with Gasteiger partial charge in [-0.25, -0.2) is 17.6 Å². The highest BCUT2D eigenvalue weighted by Crippen LogP contribution is 2.63. The van der Waals surface area contributed by atoms with Crippen LogP contribution in [0.2, 0.25) is 0 Å². The van der Waals surface area contributed by atoms with Crippen molar-refractivity contribution in [3.05, 3.63) is 10.9 Å². The van der Waals surface area contributed by atoms with E-state index < -0.39 is 26.2 Å². The molecule has 1 aliphatic rings. The van der Waals surface area contributed by atoms with Crippen LogP contribution in [-0.2, 0) is 0 Å². The summed E-state index contributed by atoms with van der Waals surface area (Å²) in [6, 6.07) is 0. The molecule has 76 valence electrons. The summed E-state index contributed by atoms with van der Waals surface area (Å²) >= 11 is 19.0. The van der Waals surface area contributed by atoms with Gasteiger partial charge >= 0.3 is 0 Å². The van der Waals surface area contributed by atoms with Gasteiger partial charge in [0.2, 0.25) is 0 Å². The second-order valence-corrected chi connectivity index (χ2v) is 4.29. The number of rotatable bonds is 0. The Bertz CT molecular complexity index is 256. The first kappa shape index (κ1) is 11.7. The van der Waals surface area contributed by atoms with Crippen LogP contribution in [-0.4, -0.2) is 15.4 Å². The van der Waals surface area contributed by atoms with Crippen LogP contribution in [0, 0.1) is 0 Å². The molecule has 0 heterocycles. The Morgan fingerprint density at radius 1 is 0.923 bits per heavy atom. The van der Waals surface area contributed by atoms with E-state index in [1.165, 1.54) is 0 Å². The molecular formula is C5Cl4F4. The van der Waals surface area contributed by atoms with E-state index in [9.17, 15) is 17.6 Å². The van der Waals surface area contributed by atoms with Gasteiger partial charge in [0.15, 0.2) is 5.83 Å². The summed E-state index contributed by atoms with van der Waals surface area (Å²) in [7, 11) is 0. The topological polar surface area (TPSA) is 0 Å². The maximum Gasteiger partial charge on any atom is 0.290 e. The van der Waals surface area contributed by atoms with Crippen molar-refractivity contribution in [3.8, 4) is 0 Å². The Hall–Kier alpha value is 0.620. The molecule has 3 unspecified atom stereocenters. The van der Waals surface area contributed by atoms with E-state index in [0.29, 0.717) is 0 Å². The second-order valence-electron chi connectivity index (χ2n) is 2.35. The fourth-order valence-corrected chi connectivity index (χ4v) is 1.77. The van der Waals surface area contributed by atoms with Gasteiger partial charge in [-0.05, 0) is 0 Å². The Morgan fingerprint density at radius 2 is 1.31 bits per heavy atom. The molecule has 0 saturated carbocycles. The van der Waals surface area contributed by atoms with Gasteiger partial charge in [-0.2, -0.15) is 0 Å². The maximum absolute atomic E-state index is 13.1. The molecule has 0 radical (unpaired) electrons. The minimum atomic E-state index is -3.98. The molecule has 0 aromatic rings. The smallest absolute Gasteiger partial charge is 0.215 e. The van der Waals surface area contributed by atoms with Gasteiger partial charge in [-0.1, -0.05) is 46.4 Å². The summed E-state index contributed by atoms with van der Waals surface area (Å²) in [5, 5.41) is -13.1. The van der Waals surface area contributed by atoms with Gasteiger partial charge in [-0.15, -0.1) is 0 Å². The fourth-order valence-electron chi connectivity index (χ4n) is 0.749. The molecule has 3 atom stereocenters. The van der Waals surface area contributed by atoms with E-state index in [-0.39, 0.29) is 0 Å². The van der Waals surface area contributed by atoms with Crippen molar-refractivity contribution in [1.82, 2.24) is 0 Å². The fraction of sp³-hybridized carbons (Fsp3) is 0.600. The zero-order valence-electron chi connectivity index (χ0n) is 5.52. The van der Waals surface area contributed by atoms with Crippen LogP contribution >= 0.6 is 46.4 Å². The highest BCUT2D eigenvalue weighted by molar-refractivity contribution is 6.48. The summed E-state index contributed by atoms with van der Waals surface area (Å²) in [5.41, 5.74) is 0. The highest BCUT2D eigenvalue weighted by atomic mass is 35.5. The van der Waals surface area contributed by atoms with Gasteiger partial charge in [0, 0.05) is 0 Å². The van der Waals surface area contributed by atoms with Gasteiger partial charge in [0.05, 0.1) is 0 Å². The Balaban J connectivity index is 3.39. The molecule has 0 spiro atoms. The lowest BCUT2D eigenvalue weighted by Gasteiger charge is -2.27. The van der Waals surface area contributed by atoms with Crippen LogP contribution in [0.4, 0.5) is 17.6 Å². The summed E-state index contributed by atoms with van der Waals surface area (Å²) in [6.45, 7) is 0. The predicted octanol–water partition coefficient (Wildman–Crippen LogP) is 4.13. The summed E-state index contributed by atoms with van der Waals surface area (Å²) in [4.78, 5) is 0. The average molecular weight is 278 g/mol. The molecule has 1 rings (SSSR count). The van der Waals surface area contributed by atoms with E-state index in [0.717, 1.165) is 0 Å². The number of hydrogen-bond acceptors (Lipinski definition) is 0.